The standard InChI is InChI=1S/C20H24N6OS/c1-13-16(28-14(2)24-13)10-17(27)26-9-3-8-25(11-20(26)5-6-20)19-15-4-7-21-18(15)22-12-23-19/h4,7,12H,3,5-6,8-11H2,1-2H3,(H,21,22,23). The molecule has 2 fully saturated rings. The van der Waals surface area contributed by atoms with Crippen molar-refractivity contribution in [3.8, 4) is 0 Å². The molecule has 1 aliphatic carbocycles. The number of nitrogens with one attached hydrogen (secondary N) is 1. The molecule has 3 aromatic heterocycles. The van der Waals surface area contributed by atoms with Crippen LogP contribution >= 0.6 is 11.3 Å². The van der Waals surface area contributed by atoms with Gasteiger partial charge >= 0.3 is 0 Å². The second-order valence-corrected chi connectivity index (χ2v) is 9.19. The molecule has 0 bridgehead atoms. The first kappa shape index (κ1) is 17.6. The van der Waals surface area contributed by atoms with E-state index in [1.54, 1.807) is 17.7 Å². The van der Waals surface area contributed by atoms with E-state index in [4.69, 9.17) is 0 Å². The van der Waals surface area contributed by atoms with Crippen LogP contribution < -0.4 is 4.90 Å². The molecule has 0 atom stereocenters. The maximum absolute atomic E-state index is 13.2. The summed E-state index contributed by atoms with van der Waals surface area (Å²) in [6.45, 7) is 6.56. The quantitative estimate of drug-likeness (QED) is 0.737. The minimum atomic E-state index is -0.0468. The molecular formula is C20H24N6OS. The summed E-state index contributed by atoms with van der Waals surface area (Å²) in [5.74, 6) is 1.21. The Morgan fingerprint density at radius 1 is 1.29 bits per heavy atom. The summed E-state index contributed by atoms with van der Waals surface area (Å²) >= 11 is 1.64. The Bertz CT molecular complexity index is 1040. The number of nitrogens with zero attached hydrogens (tertiary/aromatic N) is 5. The van der Waals surface area contributed by atoms with Crippen LogP contribution in [-0.4, -0.2) is 55.9 Å². The van der Waals surface area contributed by atoms with Gasteiger partial charge in [0.05, 0.1) is 28.0 Å². The van der Waals surface area contributed by atoms with Crippen LogP contribution in [0.4, 0.5) is 5.82 Å². The molecule has 7 nitrogen and oxygen atoms in total. The Balaban J connectivity index is 1.39. The molecule has 1 spiro atoms. The average molecular weight is 397 g/mol. The maximum Gasteiger partial charge on any atom is 0.228 e. The van der Waals surface area contributed by atoms with Gasteiger partial charge in [-0.15, -0.1) is 11.3 Å². The second-order valence-electron chi connectivity index (χ2n) is 7.90. The van der Waals surface area contributed by atoms with Gasteiger partial charge in [-0.1, -0.05) is 0 Å². The van der Waals surface area contributed by atoms with Crippen molar-refractivity contribution in [2.24, 2.45) is 0 Å². The summed E-state index contributed by atoms with van der Waals surface area (Å²) in [6.07, 6.45) is 7.08. The summed E-state index contributed by atoms with van der Waals surface area (Å²) in [6, 6.07) is 2.03. The van der Waals surface area contributed by atoms with Crippen LogP contribution in [-0.2, 0) is 11.2 Å². The van der Waals surface area contributed by atoms with E-state index in [0.717, 1.165) is 71.3 Å². The minimum absolute atomic E-state index is 0.0468. The van der Waals surface area contributed by atoms with E-state index in [9.17, 15) is 4.79 Å². The maximum atomic E-state index is 13.2. The molecule has 2 aliphatic rings. The van der Waals surface area contributed by atoms with Gasteiger partial charge in [0.1, 0.15) is 17.8 Å². The van der Waals surface area contributed by atoms with E-state index < -0.39 is 0 Å². The normalized spacial score (nSPS) is 18.6. The molecule has 1 amide bonds. The van der Waals surface area contributed by atoms with Gasteiger partial charge in [-0.2, -0.15) is 0 Å². The zero-order valence-corrected chi connectivity index (χ0v) is 17.1. The number of carbonyl (C=O) groups is 1. The Hall–Kier alpha value is -2.48. The smallest absolute Gasteiger partial charge is 0.228 e. The van der Waals surface area contributed by atoms with Gasteiger partial charge in [0.2, 0.25) is 5.91 Å². The fourth-order valence-electron chi connectivity index (χ4n) is 4.40. The third-order valence-corrected chi connectivity index (χ3v) is 7.01. The highest BCUT2D eigenvalue weighted by Crippen LogP contribution is 2.45. The first-order valence-corrected chi connectivity index (χ1v) is 10.6. The number of hydrogen-bond donors (Lipinski definition) is 1. The largest absolute Gasteiger partial charge is 0.354 e. The van der Waals surface area contributed by atoms with E-state index in [2.05, 4.69) is 29.7 Å². The summed E-state index contributed by atoms with van der Waals surface area (Å²) in [5, 5.41) is 2.08. The van der Waals surface area contributed by atoms with Crippen LogP contribution in [0.5, 0.6) is 0 Å². The minimum Gasteiger partial charge on any atom is -0.354 e. The number of aryl methyl sites for hydroxylation is 2. The van der Waals surface area contributed by atoms with Gasteiger partial charge in [-0.25, -0.2) is 15.0 Å². The number of amides is 1. The van der Waals surface area contributed by atoms with Gasteiger partial charge in [-0.05, 0) is 39.2 Å². The van der Waals surface area contributed by atoms with Crippen molar-refractivity contribution in [2.75, 3.05) is 24.5 Å². The molecule has 1 saturated carbocycles. The lowest BCUT2D eigenvalue weighted by Gasteiger charge is -2.32. The molecule has 8 heteroatoms. The van der Waals surface area contributed by atoms with Crippen LogP contribution in [0.2, 0.25) is 0 Å². The number of aromatic nitrogens is 4. The Labute approximate surface area is 167 Å². The molecule has 3 aromatic rings. The fourth-order valence-corrected chi connectivity index (χ4v) is 5.33. The third kappa shape index (κ3) is 2.96. The van der Waals surface area contributed by atoms with Gasteiger partial charge < -0.3 is 14.8 Å². The lowest BCUT2D eigenvalue weighted by atomic mass is 10.1. The number of carbonyl (C=O) groups excluding carboxylic acids is 1. The second kappa shape index (κ2) is 6.55. The van der Waals surface area contributed by atoms with Crippen LogP contribution in [0.1, 0.15) is 34.8 Å². The predicted octanol–water partition coefficient (Wildman–Crippen LogP) is 2.85. The summed E-state index contributed by atoms with van der Waals surface area (Å²) in [5.41, 5.74) is 1.81. The van der Waals surface area contributed by atoms with Crippen molar-refractivity contribution in [3.05, 3.63) is 34.2 Å². The third-order valence-electron chi connectivity index (χ3n) is 5.94. The number of anilines is 1. The highest BCUT2D eigenvalue weighted by Gasteiger charge is 2.52. The van der Waals surface area contributed by atoms with Crippen LogP contribution in [0.15, 0.2) is 18.6 Å². The Morgan fingerprint density at radius 3 is 2.89 bits per heavy atom. The molecular weight excluding hydrogens is 372 g/mol. The lowest BCUT2D eigenvalue weighted by Crippen LogP contribution is -2.47. The molecule has 0 radical (unpaired) electrons. The van der Waals surface area contributed by atoms with Gasteiger partial charge in [0, 0.05) is 30.7 Å². The average Bonchev–Trinajstić information content (AvgIpc) is 3.21. The molecule has 1 saturated heterocycles. The molecule has 0 aromatic carbocycles. The highest BCUT2D eigenvalue weighted by molar-refractivity contribution is 7.11. The summed E-state index contributed by atoms with van der Waals surface area (Å²) in [7, 11) is 0. The van der Waals surface area contributed by atoms with Crippen LogP contribution in [0.3, 0.4) is 0 Å². The number of hydrogen-bond acceptors (Lipinski definition) is 6. The molecule has 5 rings (SSSR count). The molecule has 28 heavy (non-hydrogen) atoms. The van der Waals surface area contributed by atoms with Crippen molar-refractivity contribution in [1.82, 2.24) is 24.8 Å². The molecule has 1 N–H and O–H groups in total. The van der Waals surface area contributed by atoms with Crippen molar-refractivity contribution in [1.29, 1.82) is 0 Å². The fraction of sp³-hybridized carbons (Fsp3) is 0.500. The molecule has 4 heterocycles. The summed E-state index contributed by atoms with van der Waals surface area (Å²) < 4.78 is 0. The van der Waals surface area contributed by atoms with E-state index in [-0.39, 0.29) is 11.4 Å². The molecule has 1 aliphatic heterocycles. The molecule has 0 unspecified atom stereocenters. The number of aromatic amines is 1. The Morgan fingerprint density at radius 2 is 2.14 bits per heavy atom. The van der Waals surface area contributed by atoms with Crippen LogP contribution in [0.25, 0.3) is 11.0 Å². The molecule has 146 valence electrons. The van der Waals surface area contributed by atoms with Gasteiger partial charge in [0.15, 0.2) is 0 Å². The monoisotopic (exact) mass is 396 g/mol. The van der Waals surface area contributed by atoms with E-state index in [1.165, 1.54) is 0 Å². The van der Waals surface area contributed by atoms with Crippen molar-refractivity contribution in [3.63, 3.8) is 0 Å². The number of rotatable bonds is 3. The SMILES string of the molecule is Cc1nc(C)c(CC(=O)N2CCCN(c3ncnc4[nH]ccc34)CC23CC3)s1. The van der Waals surface area contributed by atoms with Crippen molar-refractivity contribution in [2.45, 2.75) is 45.1 Å². The van der Waals surface area contributed by atoms with E-state index >= 15 is 0 Å². The highest BCUT2D eigenvalue weighted by atomic mass is 32.1. The van der Waals surface area contributed by atoms with Gasteiger partial charge in [0.25, 0.3) is 0 Å². The van der Waals surface area contributed by atoms with Gasteiger partial charge in [-0.3, -0.25) is 4.79 Å². The van der Waals surface area contributed by atoms with E-state index in [1.807, 2.05) is 26.1 Å². The zero-order valence-electron chi connectivity index (χ0n) is 16.2. The first-order chi connectivity index (χ1) is 13.6. The lowest BCUT2D eigenvalue weighted by molar-refractivity contribution is -0.133. The van der Waals surface area contributed by atoms with E-state index in [0.29, 0.717) is 6.42 Å². The Kier molecular flexibility index (Phi) is 4.12. The first-order valence-electron chi connectivity index (χ1n) is 9.82. The zero-order chi connectivity index (χ0) is 19.3. The summed E-state index contributed by atoms with van der Waals surface area (Å²) in [4.78, 5) is 35.3. The number of fused-ring (bicyclic) bond motifs is 1. The number of H-pyrrole nitrogens is 1. The predicted molar refractivity (Wildman–Crippen MR) is 110 cm³/mol. The van der Waals surface area contributed by atoms with Crippen LogP contribution in [0, 0.1) is 13.8 Å². The van der Waals surface area contributed by atoms with Crippen molar-refractivity contribution < 1.29 is 4.79 Å². The number of thiazole rings is 1. The topological polar surface area (TPSA) is 78.0 Å². The van der Waals surface area contributed by atoms with Crippen molar-refractivity contribution >= 4 is 34.1 Å².